The molecule has 0 unspecified atom stereocenters. The number of aliphatic hydroxyl groups is 1. The minimum atomic E-state index is 0.0644. The molecule has 1 N–H and O–H groups in total. The SMILES string of the molecule is CCC.OCCOc1ccccc1. The average molecular weight is 182 g/mol. The molecule has 0 radical (unpaired) electrons. The van der Waals surface area contributed by atoms with Gasteiger partial charge in [0.2, 0.25) is 0 Å². The minimum Gasteiger partial charge on any atom is -0.491 e. The van der Waals surface area contributed by atoms with Crippen molar-refractivity contribution in [3.8, 4) is 5.75 Å². The van der Waals surface area contributed by atoms with Crippen molar-refractivity contribution in [2.45, 2.75) is 20.3 Å². The Morgan fingerprint density at radius 1 is 1.15 bits per heavy atom. The van der Waals surface area contributed by atoms with Crippen LogP contribution in [-0.4, -0.2) is 18.3 Å². The second kappa shape index (κ2) is 9.07. The van der Waals surface area contributed by atoms with Gasteiger partial charge in [0.15, 0.2) is 0 Å². The maximum absolute atomic E-state index is 8.40. The first-order valence-corrected chi connectivity index (χ1v) is 4.63. The molecule has 2 nitrogen and oxygen atoms in total. The van der Waals surface area contributed by atoms with Crippen LogP contribution in [0.5, 0.6) is 5.75 Å². The molecule has 0 saturated carbocycles. The van der Waals surface area contributed by atoms with Gasteiger partial charge in [-0.15, -0.1) is 0 Å². The lowest BCUT2D eigenvalue weighted by molar-refractivity contribution is 0.201. The van der Waals surface area contributed by atoms with Crippen molar-refractivity contribution in [1.82, 2.24) is 0 Å². The topological polar surface area (TPSA) is 29.5 Å². The van der Waals surface area contributed by atoms with Crippen LogP contribution >= 0.6 is 0 Å². The molecule has 1 aromatic carbocycles. The summed E-state index contributed by atoms with van der Waals surface area (Å²) in [5, 5.41) is 8.40. The van der Waals surface area contributed by atoms with Crippen molar-refractivity contribution in [1.29, 1.82) is 0 Å². The van der Waals surface area contributed by atoms with Crippen LogP contribution < -0.4 is 4.74 Å². The van der Waals surface area contributed by atoms with Crippen LogP contribution in [0.3, 0.4) is 0 Å². The van der Waals surface area contributed by atoms with E-state index in [9.17, 15) is 0 Å². The zero-order valence-corrected chi connectivity index (χ0v) is 8.36. The van der Waals surface area contributed by atoms with Gasteiger partial charge in [-0.2, -0.15) is 0 Å². The third-order valence-electron chi connectivity index (χ3n) is 1.10. The van der Waals surface area contributed by atoms with Crippen LogP contribution in [0.25, 0.3) is 0 Å². The van der Waals surface area contributed by atoms with E-state index in [0.717, 1.165) is 5.75 Å². The molecule has 74 valence electrons. The second-order valence-corrected chi connectivity index (χ2v) is 2.59. The summed E-state index contributed by atoms with van der Waals surface area (Å²) in [4.78, 5) is 0. The first-order valence-electron chi connectivity index (χ1n) is 4.63. The molecule has 0 bridgehead atoms. The van der Waals surface area contributed by atoms with E-state index in [1.807, 2.05) is 30.3 Å². The highest BCUT2D eigenvalue weighted by Crippen LogP contribution is 2.06. The Morgan fingerprint density at radius 2 is 1.69 bits per heavy atom. The summed E-state index contributed by atoms with van der Waals surface area (Å²) in [6, 6.07) is 9.43. The molecule has 0 heterocycles. The van der Waals surface area contributed by atoms with Crippen molar-refractivity contribution in [2.24, 2.45) is 0 Å². The van der Waals surface area contributed by atoms with Gasteiger partial charge < -0.3 is 9.84 Å². The predicted molar refractivity (Wildman–Crippen MR) is 55.0 cm³/mol. The van der Waals surface area contributed by atoms with Crippen LogP contribution in [0.15, 0.2) is 30.3 Å². The van der Waals surface area contributed by atoms with Crippen molar-refractivity contribution >= 4 is 0 Å². The van der Waals surface area contributed by atoms with E-state index in [0.29, 0.717) is 6.61 Å². The number of para-hydroxylation sites is 1. The highest BCUT2D eigenvalue weighted by Gasteiger charge is 1.86. The molecule has 13 heavy (non-hydrogen) atoms. The summed E-state index contributed by atoms with van der Waals surface area (Å²) in [7, 11) is 0. The lowest BCUT2D eigenvalue weighted by atomic mass is 10.3. The summed E-state index contributed by atoms with van der Waals surface area (Å²) in [6.45, 7) is 4.68. The Labute approximate surface area is 80.2 Å². The highest BCUT2D eigenvalue weighted by molar-refractivity contribution is 5.20. The Kier molecular flexibility index (Phi) is 8.36. The quantitative estimate of drug-likeness (QED) is 0.778. The molecule has 0 atom stereocenters. The number of rotatable bonds is 3. The zero-order chi connectivity index (χ0) is 9.94. The van der Waals surface area contributed by atoms with Crippen LogP contribution in [0.2, 0.25) is 0 Å². The third-order valence-corrected chi connectivity index (χ3v) is 1.10. The van der Waals surface area contributed by atoms with E-state index in [-0.39, 0.29) is 6.61 Å². The molecule has 0 aliphatic heterocycles. The molecule has 0 aliphatic carbocycles. The summed E-state index contributed by atoms with van der Waals surface area (Å²) in [5.41, 5.74) is 0. The molecule has 0 saturated heterocycles. The van der Waals surface area contributed by atoms with Crippen molar-refractivity contribution in [3.05, 3.63) is 30.3 Å². The van der Waals surface area contributed by atoms with Gasteiger partial charge in [0.1, 0.15) is 12.4 Å². The molecule has 0 aromatic heterocycles. The third kappa shape index (κ3) is 7.34. The van der Waals surface area contributed by atoms with Crippen molar-refractivity contribution in [2.75, 3.05) is 13.2 Å². The fourth-order valence-corrected chi connectivity index (χ4v) is 0.680. The maximum atomic E-state index is 8.40. The van der Waals surface area contributed by atoms with Crippen LogP contribution in [0.4, 0.5) is 0 Å². The first kappa shape index (κ1) is 12.0. The standard InChI is InChI=1S/C8H10O2.C3H8/c9-6-7-10-8-4-2-1-3-5-8;1-3-2/h1-5,9H,6-7H2;3H2,1-2H3. The molecule has 2 heteroatoms. The van der Waals surface area contributed by atoms with E-state index < -0.39 is 0 Å². The number of aliphatic hydroxyl groups excluding tert-OH is 1. The van der Waals surface area contributed by atoms with Gasteiger partial charge in [0.05, 0.1) is 6.61 Å². The van der Waals surface area contributed by atoms with E-state index in [4.69, 9.17) is 9.84 Å². The summed E-state index contributed by atoms with van der Waals surface area (Å²) in [5.74, 6) is 0.802. The number of ether oxygens (including phenoxy) is 1. The maximum Gasteiger partial charge on any atom is 0.119 e. The molecule has 1 rings (SSSR count). The van der Waals surface area contributed by atoms with E-state index in [1.54, 1.807) is 0 Å². The summed E-state index contributed by atoms with van der Waals surface area (Å²) in [6.07, 6.45) is 1.25. The minimum absolute atomic E-state index is 0.0644. The predicted octanol–water partition coefficient (Wildman–Crippen LogP) is 2.47. The highest BCUT2D eigenvalue weighted by atomic mass is 16.5. The van der Waals surface area contributed by atoms with E-state index in [2.05, 4.69) is 13.8 Å². The lowest BCUT2D eigenvalue weighted by Crippen LogP contribution is -2.00. The van der Waals surface area contributed by atoms with Gasteiger partial charge >= 0.3 is 0 Å². The summed E-state index contributed by atoms with van der Waals surface area (Å²) >= 11 is 0. The molecule has 1 aromatic rings. The van der Waals surface area contributed by atoms with Crippen LogP contribution in [-0.2, 0) is 0 Å². The number of benzene rings is 1. The van der Waals surface area contributed by atoms with Gasteiger partial charge in [-0.25, -0.2) is 0 Å². The Bertz CT molecular complexity index is 185. The van der Waals surface area contributed by atoms with E-state index >= 15 is 0 Å². The van der Waals surface area contributed by atoms with Crippen LogP contribution in [0, 0.1) is 0 Å². The van der Waals surface area contributed by atoms with Gasteiger partial charge in [0, 0.05) is 0 Å². The van der Waals surface area contributed by atoms with Crippen LogP contribution in [0.1, 0.15) is 20.3 Å². The fourth-order valence-electron chi connectivity index (χ4n) is 0.680. The molecular weight excluding hydrogens is 164 g/mol. The smallest absolute Gasteiger partial charge is 0.119 e. The molecule has 0 amide bonds. The van der Waals surface area contributed by atoms with Gasteiger partial charge in [0.25, 0.3) is 0 Å². The van der Waals surface area contributed by atoms with Gasteiger partial charge in [-0.3, -0.25) is 0 Å². The molecule has 0 aliphatic rings. The Hall–Kier alpha value is -1.02. The zero-order valence-electron chi connectivity index (χ0n) is 8.36. The van der Waals surface area contributed by atoms with Gasteiger partial charge in [-0.1, -0.05) is 38.5 Å². The largest absolute Gasteiger partial charge is 0.491 e. The molecule has 0 spiro atoms. The first-order chi connectivity index (χ1) is 6.35. The Morgan fingerprint density at radius 3 is 2.15 bits per heavy atom. The second-order valence-electron chi connectivity index (χ2n) is 2.59. The van der Waals surface area contributed by atoms with Crippen molar-refractivity contribution in [3.63, 3.8) is 0 Å². The van der Waals surface area contributed by atoms with Gasteiger partial charge in [-0.05, 0) is 12.1 Å². The summed E-state index contributed by atoms with van der Waals surface area (Å²) < 4.78 is 5.11. The number of hydrogen-bond acceptors (Lipinski definition) is 2. The molecular formula is C11H18O2. The van der Waals surface area contributed by atoms with E-state index in [1.165, 1.54) is 6.42 Å². The van der Waals surface area contributed by atoms with Crippen molar-refractivity contribution < 1.29 is 9.84 Å². The monoisotopic (exact) mass is 182 g/mol. The average Bonchev–Trinajstić information content (AvgIpc) is 2.18. The Balaban J connectivity index is 0.000000424. The number of hydrogen-bond donors (Lipinski definition) is 1. The lowest BCUT2D eigenvalue weighted by Gasteiger charge is -2.01. The fraction of sp³-hybridized carbons (Fsp3) is 0.455. The molecule has 0 fully saturated rings. The normalized spacial score (nSPS) is 8.54.